The largest absolute Gasteiger partial charge is 0.485 e. The van der Waals surface area contributed by atoms with Gasteiger partial charge in [0.2, 0.25) is 5.82 Å². The third-order valence-electron chi connectivity index (χ3n) is 3.18. The molecule has 0 aliphatic carbocycles. The first-order valence-electron chi connectivity index (χ1n) is 6.88. The SMILES string of the molecule is C[C@@H]1CNC[C@H](c2nc(COc3ccc(F)c(Cl)c3)no2)O1. The molecule has 8 heteroatoms. The molecule has 0 bridgehead atoms. The zero-order valence-electron chi connectivity index (χ0n) is 11.9. The van der Waals surface area contributed by atoms with Crippen LogP contribution in [0, 0.1) is 5.82 Å². The van der Waals surface area contributed by atoms with Crippen LogP contribution in [-0.4, -0.2) is 29.3 Å². The predicted molar refractivity (Wildman–Crippen MR) is 76.2 cm³/mol. The molecule has 1 N–H and O–H groups in total. The van der Waals surface area contributed by atoms with Gasteiger partial charge in [-0.05, 0) is 19.1 Å². The minimum absolute atomic E-state index is 0.00182. The third-order valence-corrected chi connectivity index (χ3v) is 3.47. The summed E-state index contributed by atoms with van der Waals surface area (Å²) in [6, 6.07) is 4.12. The van der Waals surface area contributed by atoms with Gasteiger partial charge in [0.25, 0.3) is 5.89 Å². The Bertz CT molecular complexity index is 652. The molecule has 2 aromatic rings. The second-order valence-corrected chi connectivity index (χ2v) is 5.41. The summed E-state index contributed by atoms with van der Waals surface area (Å²) in [5.41, 5.74) is 0. The van der Waals surface area contributed by atoms with Crippen LogP contribution in [0.3, 0.4) is 0 Å². The van der Waals surface area contributed by atoms with E-state index in [-0.39, 0.29) is 23.8 Å². The lowest BCUT2D eigenvalue weighted by Crippen LogP contribution is -2.39. The average molecular weight is 328 g/mol. The number of benzene rings is 1. The van der Waals surface area contributed by atoms with Gasteiger partial charge in [-0.25, -0.2) is 4.39 Å². The van der Waals surface area contributed by atoms with Crippen molar-refractivity contribution < 1.29 is 18.4 Å². The van der Waals surface area contributed by atoms with E-state index in [1.54, 1.807) is 0 Å². The van der Waals surface area contributed by atoms with Gasteiger partial charge in [0.15, 0.2) is 6.61 Å². The summed E-state index contributed by atoms with van der Waals surface area (Å²) in [7, 11) is 0. The fourth-order valence-corrected chi connectivity index (χ4v) is 2.28. The van der Waals surface area contributed by atoms with E-state index in [0.717, 1.165) is 6.54 Å². The molecular formula is C14H15ClFN3O3. The van der Waals surface area contributed by atoms with Crippen LogP contribution in [0.15, 0.2) is 22.7 Å². The van der Waals surface area contributed by atoms with Crippen LogP contribution < -0.4 is 10.1 Å². The van der Waals surface area contributed by atoms with E-state index < -0.39 is 5.82 Å². The number of morpholine rings is 1. The number of ether oxygens (including phenoxy) is 2. The van der Waals surface area contributed by atoms with E-state index in [9.17, 15) is 4.39 Å². The van der Waals surface area contributed by atoms with Crippen LogP contribution in [0.4, 0.5) is 4.39 Å². The van der Waals surface area contributed by atoms with E-state index in [0.29, 0.717) is 24.0 Å². The van der Waals surface area contributed by atoms with E-state index in [4.69, 9.17) is 25.6 Å². The molecule has 0 radical (unpaired) electrons. The molecule has 1 fully saturated rings. The predicted octanol–water partition coefficient (Wildman–Crippen LogP) is 2.49. The summed E-state index contributed by atoms with van der Waals surface area (Å²) in [5, 5.41) is 7.07. The summed E-state index contributed by atoms with van der Waals surface area (Å²) in [6.45, 7) is 3.49. The minimum atomic E-state index is -0.494. The Morgan fingerprint density at radius 2 is 2.32 bits per heavy atom. The van der Waals surface area contributed by atoms with Crippen molar-refractivity contribution in [1.82, 2.24) is 15.5 Å². The first kappa shape index (κ1) is 15.2. The summed E-state index contributed by atoms with van der Waals surface area (Å²) in [6.07, 6.45) is -0.169. The molecule has 0 amide bonds. The van der Waals surface area contributed by atoms with Crippen LogP contribution in [0.5, 0.6) is 5.75 Å². The highest BCUT2D eigenvalue weighted by Gasteiger charge is 2.25. The van der Waals surface area contributed by atoms with Crippen molar-refractivity contribution in [3.63, 3.8) is 0 Å². The Labute approximate surface area is 131 Å². The number of hydrogen-bond donors (Lipinski definition) is 1. The van der Waals surface area contributed by atoms with Crippen LogP contribution in [0.2, 0.25) is 5.02 Å². The lowest BCUT2D eigenvalue weighted by atomic mass is 10.2. The van der Waals surface area contributed by atoms with E-state index in [1.807, 2.05) is 6.92 Å². The Kier molecular flexibility index (Phi) is 4.56. The molecular weight excluding hydrogens is 313 g/mol. The van der Waals surface area contributed by atoms with Crippen LogP contribution in [-0.2, 0) is 11.3 Å². The first-order valence-corrected chi connectivity index (χ1v) is 7.26. The van der Waals surface area contributed by atoms with Crippen molar-refractivity contribution in [3.8, 4) is 5.75 Å². The van der Waals surface area contributed by atoms with E-state index in [1.165, 1.54) is 18.2 Å². The van der Waals surface area contributed by atoms with Crippen molar-refractivity contribution in [2.75, 3.05) is 13.1 Å². The average Bonchev–Trinajstić information content (AvgIpc) is 2.97. The van der Waals surface area contributed by atoms with Gasteiger partial charge in [0.1, 0.15) is 17.7 Å². The summed E-state index contributed by atoms with van der Waals surface area (Å²) < 4.78 is 29.4. The molecule has 1 saturated heterocycles. The van der Waals surface area contributed by atoms with Crippen LogP contribution in [0.25, 0.3) is 0 Å². The highest BCUT2D eigenvalue weighted by atomic mass is 35.5. The number of aromatic nitrogens is 2. The van der Waals surface area contributed by atoms with Crippen LogP contribution >= 0.6 is 11.6 Å². The van der Waals surface area contributed by atoms with Gasteiger partial charge in [0.05, 0.1) is 11.1 Å². The molecule has 0 unspecified atom stereocenters. The summed E-state index contributed by atoms with van der Waals surface area (Å²) >= 11 is 5.69. The standard InChI is InChI=1S/C14H15ClFN3O3/c1-8-5-17-6-12(21-8)14-18-13(19-22-14)7-20-9-2-3-11(16)10(15)4-9/h2-4,8,12,17H,5-7H2,1H3/t8-,12-/m1/s1. The fraction of sp³-hybridized carbons (Fsp3) is 0.429. The van der Waals surface area contributed by atoms with Gasteiger partial charge in [0, 0.05) is 19.2 Å². The van der Waals surface area contributed by atoms with Gasteiger partial charge in [-0.2, -0.15) is 4.98 Å². The maximum Gasteiger partial charge on any atom is 0.257 e. The zero-order chi connectivity index (χ0) is 15.5. The van der Waals surface area contributed by atoms with Gasteiger partial charge >= 0.3 is 0 Å². The molecule has 2 heterocycles. The smallest absolute Gasteiger partial charge is 0.257 e. The quantitative estimate of drug-likeness (QED) is 0.930. The lowest BCUT2D eigenvalue weighted by Gasteiger charge is -2.25. The Morgan fingerprint density at radius 1 is 1.45 bits per heavy atom. The van der Waals surface area contributed by atoms with Crippen molar-refractivity contribution in [3.05, 3.63) is 40.8 Å². The maximum absolute atomic E-state index is 13.1. The molecule has 118 valence electrons. The third kappa shape index (κ3) is 3.55. The summed E-state index contributed by atoms with van der Waals surface area (Å²) in [5.74, 6) is 0.737. The molecule has 1 aliphatic heterocycles. The normalized spacial score (nSPS) is 21.8. The molecule has 1 aliphatic rings. The Balaban J connectivity index is 1.60. The van der Waals surface area contributed by atoms with Crippen molar-refractivity contribution in [2.45, 2.75) is 25.7 Å². The monoisotopic (exact) mass is 327 g/mol. The maximum atomic E-state index is 13.1. The molecule has 6 nitrogen and oxygen atoms in total. The second-order valence-electron chi connectivity index (χ2n) is 5.01. The molecule has 22 heavy (non-hydrogen) atoms. The highest BCUT2D eigenvalue weighted by molar-refractivity contribution is 6.30. The van der Waals surface area contributed by atoms with Gasteiger partial charge < -0.3 is 19.3 Å². The van der Waals surface area contributed by atoms with Crippen molar-refractivity contribution in [1.29, 1.82) is 0 Å². The number of nitrogens with zero attached hydrogens (tertiary/aromatic N) is 2. The number of hydrogen-bond acceptors (Lipinski definition) is 6. The molecule has 2 atom stereocenters. The number of nitrogens with one attached hydrogen (secondary N) is 1. The molecule has 0 spiro atoms. The van der Waals surface area contributed by atoms with Gasteiger partial charge in [-0.3, -0.25) is 0 Å². The van der Waals surface area contributed by atoms with Crippen LogP contribution in [0.1, 0.15) is 24.7 Å². The number of halogens is 2. The second kappa shape index (κ2) is 6.60. The molecule has 0 saturated carbocycles. The molecule has 1 aromatic carbocycles. The van der Waals surface area contributed by atoms with Crippen molar-refractivity contribution >= 4 is 11.6 Å². The fourth-order valence-electron chi connectivity index (χ4n) is 2.11. The topological polar surface area (TPSA) is 69.4 Å². The lowest BCUT2D eigenvalue weighted by molar-refractivity contribution is -0.0438. The van der Waals surface area contributed by atoms with Gasteiger partial charge in [-0.15, -0.1) is 0 Å². The first-order chi connectivity index (χ1) is 10.6. The zero-order valence-corrected chi connectivity index (χ0v) is 12.6. The number of rotatable bonds is 4. The minimum Gasteiger partial charge on any atom is -0.485 e. The van der Waals surface area contributed by atoms with E-state index >= 15 is 0 Å². The van der Waals surface area contributed by atoms with Crippen molar-refractivity contribution in [2.24, 2.45) is 0 Å². The van der Waals surface area contributed by atoms with Gasteiger partial charge in [-0.1, -0.05) is 16.8 Å². The Hall–Kier alpha value is -1.70. The molecule has 1 aromatic heterocycles. The van der Waals surface area contributed by atoms with E-state index in [2.05, 4.69) is 15.5 Å². The Morgan fingerprint density at radius 3 is 3.09 bits per heavy atom. The summed E-state index contributed by atoms with van der Waals surface area (Å²) in [4.78, 5) is 4.25. The highest BCUT2D eigenvalue weighted by Crippen LogP contribution is 2.22. The molecule has 3 rings (SSSR count).